The number of benzene rings is 2. The first-order valence-corrected chi connectivity index (χ1v) is 43.5. The zero-order chi connectivity index (χ0) is 35.3. The summed E-state index contributed by atoms with van der Waals surface area (Å²) in [6.45, 7) is 15.8. The minimum absolute atomic E-state index is 0.0281. The first-order chi connectivity index (χ1) is 21.2. The molecule has 0 aliphatic rings. The van der Waals surface area contributed by atoms with E-state index in [-0.39, 0.29) is 20.2 Å². The molecule has 0 heterocycles. The molecule has 0 atom stereocenters. The molecule has 12 heteroatoms. The third-order valence-electron chi connectivity index (χ3n) is 7.23. The normalized spacial score (nSPS) is 12.2. The summed E-state index contributed by atoms with van der Waals surface area (Å²) in [4.78, 5) is 25.2. The summed E-state index contributed by atoms with van der Waals surface area (Å²) in [5, 5.41) is 9.68. The van der Waals surface area contributed by atoms with Gasteiger partial charge in [-0.1, -0.05) is 0 Å². The summed E-state index contributed by atoms with van der Waals surface area (Å²) in [5.74, 6) is 2.61. The molecule has 262 valence electrons. The number of aliphatic hydroxyl groups excluding tert-OH is 1. The van der Waals surface area contributed by atoms with Crippen molar-refractivity contribution in [2.75, 3.05) is 41.0 Å². The van der Waals surface area contributed by atoms with Gasteiger partial charge >= 0.3 is 292 Å². The number of hydrogen-bond donors (Lipinski definition) is 1. The van der Waals surface area contributed by atoms with Crippen molar-refractivity contribution in [2.45, 2.75) is 87.6 Å². The third kappa shape index (κ3) is 16.1. The van der Waals surface area contributed by atoms with Crippen molar-refractivity contribution in [1.82, 2.24) is 0 Å². The Morgan fingerprint density at radius 3 is 1.41 bits per heavy atom. The number of rotatable bonds is 18. The van der Waals surface area contributed by atoms with Crippen molar-refractivity contribution in [3.63, 3.8) is 0 Å². The van der Waals surface area contributed by atoms with Crippen LogP contribution in [-0.4, -0.2) is 105 Å². The average molecular weight is 892 g/mol. The van der Waals surface area contributed by atoms with Crippen LogP contribution in [0.5, 0.6) is 23.0 Å². The van der Waals surface area contributed by atoms with Crippen LogP contribution in [0.3, 0.4) is 0 Å². The molecule has 0 saturated carbocycles. The van der Waals surface area contributed by atoms with Crippen molar-refractivity contribution in [3.05, 3.63) is 35.4 Å². The molecule has 2 aromatic rings. The molecule has 2 rings (SSSR count). The molecule has 2 aromatic carbocycles. The molecule has 0 bridgehead atoms. The van der Waals surface area contributed by atoms with Gasteiger partial charge in [-0.2, -0.15) is 0 Å². The number of ether oxygens (including phenoxy) is 6. The molecule has 46 heavy (non-hydrogen) atoms. The summed E-state index contributed by atoms with van der Waals surface area (Å²) >= 11 is -4.70. The first-order valence-electron chi connectivity index (χ1n) is 16.1. The Labute approximate surface area is 289 Å². The molecule has 0 unspecified atom stereocenters. The second-order valence-electron chi connectivity index (χ2n) is 16.0. The number of carbonyl (C=O) groups excluding carboxylic acids is 1. The summed E-state index contributed by atoms with van der Waals surface area (Å²) < 4.78 is 35.9. The van der Waals surface area contributed by atoms with Crippen LogP contribution in [0.1, 0.15) is 15.9 Å². The molecule has 0 aromatic heterocycles. The molecule has 0 fully saturated rings. The van der Waals surface area contributed by atoms with Gasteiger partial charge in [0.15, 0.2) is 0 Å². The average Bonchev–Trinajstić information content (AvgIpc) is 2.94. The summed E-state index contributed by atoms with van der Waals surface area (Å²) in [5.41, 5.74) is 1.66. The predicted octanol–water partition coefficient (Wildman–Crippen LogP) is 7.17. The zero-order valence-corrected chi connectivity index (χ0v) is 38.8. The summed E-state index contributed by atoms with van der Waals surface area (Å²) in [6, 6.07) is 9.91. The van der Waals surface area contributed by atoms with Crippen LogP contribution in [0.2, 0.25) is 81.0 Å². The molecule has 1 N–H and O–H groups in total. The van der Waals surface area contributed by atoms with Crippen LogP contribution in [0.4, 0.5) is 0 Å². The van der Waals surface area contributed by atoms with E-state index in [0.717, 1.165) is 39.9 Å². The Balaban J connectivity index is 0.000000460. The van der Waals surface area contributed by atoms with Gasteiger partial charge in [-0.3, -0.25) is 0 Å². The Bertz CT molecular complexity index is 1230. The van der Waals surface area contributed by atoms with Crippen LogP contribution in [0, 0.1) is 0 Å². The molecule has 0 aliphatic heterocycles. The maximum atomic E-state index is 11.4. The number of hydrogen-bond acceptors (Lipinski definition) is 8. The SMILES string of the molecule is COc1c[c]([Sn]([CH3])([CH3])[CH3])c(C=O)cc1OCOCC[Si](C)(C)C.COc1c[c]([Sn]([CH3])([CH3])[CH3])c(CO)cc1OCOCC[Si](C)(C)C. The van der Waals surface area contributed by atoms with Gasteiger partial charge in [-0.05, 0) is 0 Å². The van der Waals surface area contributed by atoms with E-state index in [1.807, 2.05) is 18.2 Å². The van der Waals surface area contributed by atoms with E-state index in [2.05, 4.69) is 68.9 Å². The fraction of sp³-hybridized carbons (Fsp3) is 0.618. The van der Waals surface area contributed by atoms with Crippen LogP contribution in [0.25, 0.3) is 0 Å². The molecule has 0 saturated heterocycles. The van der Waals surface area contributed by atoms with Crippen molar-refractivity contribution >= 4 is 66.3 Å². The fourth-order valence-corrected chi connectivity index (χ4v) is 15.1. The van der Waals surface area contributed by atoms with Gasteiger partial charge < -0.3 is 0 Å². The monoisotopic (exact) mass is 894 g/mol. The van der Waals surface area contributed by atoms with E-state index >= 15 is 0 Å². The zero-order valence-electron chi connectivity index (χ0n) is 31.1. The molecular formula is C34H62O8Si2Sn2. The van der Waals surface area contributed by atoms with Gasteiger partial charge in [-0.25, -0.2) is 0 Å². The maximum absolute atomic E-state index is 11.4. The Morgan fingerprint density at radius 2 is 1.07 bits per heavy atom. The van der Waals surface area contributed by atoms with Crippen LogP contribution >= 0.6 is 0 Å². The van der Waals surface area contributed by atoms with E-state index in [0.29, 0.717) is 29.4 Å². The number of aldehydes is 1. The van der Waals surface area contributed by atoms with Crippen molar-refractivity contribution in [3.8, 4) is 23.0 Å². The molecule has 0 amide bonds. The van der Waals surface area contributed by atoms with Crippen molar-refractivity contribution in [2.24, 2.45) is 0 Å². The molecule has 0 spiro atoms. The third-order valence-corrected chi connectivity index (χ3v) is 22.4. The second-order valence-corrected chi connectivity index (χ2v) is 56.0. The van der Waals surface area contributed by atoms with Gasteiger partial charge in [0.1, 0.15) is 0 Å². The van der Waals surface area contributed by atoms with Crippen molar-refractivity contribution < 1.29 is 38.3 Å². The van der Waals surface area contributed by atoms with Crippen LogP contribution in [-0.2, 0) is 16.1 Å². The van der Waals surface area contributed by atoms with Gasteiger partial charge in [0.25, 0.3) is 0 Å². The first kappa shape index (κ1) is 43.2. The Hall–Kier alpha value is -0.779. The molecule has 8 nitrogen and oxygen atoms in total. The fourth-order valence-electron chi connectivity index (χ4n) is 4.38. The second kappa shape index (κ2) is 19.4. The van der Waals surface area contributed by atoms with Gasteiger partial charge in [0, 0.05) is 0 Å². The van der Waals surface area contributed by atoms with E-state index in [9.17, 15) is 9.90 Å². The van der Waals surface area contributed by atoms with E-state index in [1.165, 1.54) is 3.58 Å². The van der Waals surface area contributed by atoms with Crippen LogP contribution in [0.15, 0.2) is 24.3 Å². The summed E-state index contributed by atoms with van der Waals surface area (Å²) in [7, 11) is 1.10. The Morgan fingerprint density at radius 1 is 0.652 bits per heavy atom. The quantitative estimate of drug-likeness (QED) is 0.0730. The molecule has 0 radical (unpaired) electrons. The topological polar surface area (TPSA) is 92.7 Å². The Kier molecular flexibility index (Phi) is 18.3. The minimum atomic E-state index is -2.39. The van der Waals surface area contributed by atoms with Crippen LogP contribution < -0.4 is 26.1 Å². The van der Waals surface area contributed by atoms with Crippen molar-refractivity contribution in [1.29, 1.82) is 0 Å². The summed E-state index contributed by atoms with van der Waals surface area (Å²) in [6.07, 6.45) is 0.913. The number of carbonyl (C=O) groups is 1. The molecular weight excluding hydrogens is 830 g/mol. The van der Waals surface area contributed by atoms with E-state index in [4.69, 9.17) is 28.4 Å². The van der Waals surface area contributed by atoms with E-state index < -0.39 is 52.9 Å². The molecule has 0 aliphatic carbocycles. The number of methoxy groups -OCH3 is 2. The predicted molar refractivity (Wildman–Crippen MR) is 202 cm³/mol. The van der Waals surface area contributed by atoms with Gasteiger partial charge in [0.05, 0.1) is 0 Å². The van der Waals surface area contributed by atoms with Gasteiger partial charge in [0.2, 0.25) is 0 Å². The number of aliphatic hydroxyl groups is 1. The standard InChI is InChI=1S/C14H23O4Si.C14H21O4Si.6CH3.2Sn/c2*1-16-13-6-5-12(10-15)9-14(13)18-11-17-7-8-19(2,3)4;;;;;;;;/h6,9,15H,7-8,10-11H2,1-4H3;6,9-10H,7-8,11H2,1-4H3;6*1H3;;. The van der Waals surface area contributed by atoms with Gasteiger partial charge in [-0.15, -0.1) is 0 Å². The van der Waals surface area contributed by atoms with E-state index in [1.54, 1.807) is 20.3 Å².